The summed E-state index contributed by atoms with van der Waals surface area (Å²) in [6.07, 6.45) is 6.70. The number of ether oxygens (including phenoxy) is 1. The van der Waals surface area contributed by atoms with Crippen molar-refractivity contribution in [3.05, 3.63) is 0 Å². The number of unbranched alkanes of at least 4 members (excludes halogenated alkanes) is 3. The minimum atomic E-state index is 0.474. The van der Waals surface area contributed by atoms with Gasteiger partial charge in [-0.3, -0.25) is 4.90 Å². The number of rotatable bonds is 7. The summed E-state index contributed by atoms with van der Waals surface area (Å²) in [6, 6.07) is 0. The second-order valence-corrected chi connectivity index (χ2v) is 4.68. The summed E-state index contributed by atoms with van der Waals surface area (Å²) >= 11 is 5.64. The Morgan fingerprint density at radius 1 is 1.27 bits per heavy atom. The van der Waals surface area contributed by atoms with Crippen LogP contribution in [-0.2, 0) is 4.74 Å². The number of halogens is 1. The highest BCUT2D eigenvalue weighted by Crippen LogP contribution is 2.10. The van der Waals surface area contributed by atoms with E-state index in [-0.39, 0.29) is 0 Å². The molecule has 0 saturated carbocycles. The first-order valence-electron chi connectivity index (χ1n) is 6.26. The third kappa shape index (κ3) is 5.74. The monoisotopic (exact) mass is 233 g/mol. The summed E-state index contributed by atoms with van der Waals surface area (Å²) in [5.74, 6) is 0.815. The van der Waals surface area contributed by atoms with Crippen molar-refractivity contribution in [3.63, 3.8) is 0 Å². The summed E-state index contributed by atoms with van der Waals surface area (Å²) in [7, 11) is 0. The standard InChI is InChI=1S/C12H24ClNO/c1-2-12-11-14(9-10-15-12)8-6-4-3-5-7-13/h12H,2-11H2,1H3. The molecule has 1 aliphatic rings. The van der Waals surface area contributed by atoms with Gasteiger partial charge in [0.25, 0.3) is 0 Å². The summed E-state index contributed by atoms with van der Waals surface area (Å²) in [6.45, 7) is 6.61. The first-order chi connectivity index (χ1) is 7.36. The molecule has 2 nitrogen and oxygen atoms in total. The van der Waals surface area contributed by atoms with E-state index in [1.165, 1.54) is 32.2 Å². The van der Waals surface area contributed by atoms with Gasteiger partial charge in [0.15, 0.2) is 0 Å². The van der Waals surface area contributed by atoms with Gasteiger partial charge in [-0.15, -0.1) is 11.6 Å². The number of nitrogens with zero attached hydrogens (tertiary/aromatic N) is 1. The first kappa shape index (κ1) is 13.3. The van der Waals surface area contributed by atoms with Crippen molar-refractivity contribution in [1.82, 2.24) is 4.90 Å². The maximum Gasteiger partial charge on any atom is 0.0700 e. The molecule has 3 heteroatoms. The lowest BCUT2D eigenvalue weighted by Gasteiger charge is -2.32. The van der Waals surface area contributed by atoms with Gasteiger partial charge >= 0.3 is 0 Å². The van der Waals surface area contributed by atoms with Gasteiger partial charge in [0.1, 0.15) is 0 Å². The second kappa shape index (κ2) is 8.37. The molecule has 1 atom stereocenters. The van der Waals surface area contributed by atoms with Crippen LogP contribution >= 0.6 is 11.6 Å². The minimum absolute atomic E-state index is 0.474. The quantitative estimate of drug-likeness (QED) is 0.495. The molecule has 1 aliphatic heterocycles. The Morgan fingerprint density at radius 2 is 2.07 bits per heavy atom. The molecule has 0 bridgehead atoms. The van der Waals surface area contributed by atoms with Gasteiger partial charge in [0.2, 0.25) is 0 Å². The second-order valence-electron chi connectivity index (χ2n) is 4.30. The Bertz CT molecular complexity index is 155. The zero-order valence-corrected chi connectivity index (χ0v) is 10.6. The molecule has 90 valence electrons. The van der Waals surface area contributed by atoms with Gasteiger partial charge in [-0.2, -0.15) is 0 Å². The van der Waals surface area contributed by atoms with Crippen LogP contribution in [0, 0.1) is 0 Å². The van der Waals surface area contributed by atoms with Crippen LogP contribution in [0.5, 0.6) is 0 Å². The zero-order chi connectivity index (χ0) is 10.9. The molecule has 15 heavy (non-hydrogen) atoms. The SMILES string of the molecule is CCC1CN(CCCCCCCl)CCO1. The fourth-order valence-electron chi connectivity index (χ4n) is 2.01. The van der Waals surface area contributed by atoms with E-state index < -0.39 is 0 Å². The molecule has 1 unspecified atom stereocenters. The van der Waals surface area contributed by atoms with E-state index in [4.69, 9.17) is 16.3 Å². The predicted molar refractivity (Wildman–Crippen MR) is 65.7 cm³/mol. The van der Waals surface area contributed by atoms with E-state index in [2.05, 4.69) is 11.8 Å². The summed E-state index contributed by atoms with van der Waals surface area (Å²) in [4.78, 5) is 2.54. The van der Waals surface area contributed by atoms with Crippen LogP contribution in [0.15, 0.2) is 0 Å². The number of hydrogen-bond acceptors (Lipinski definition) is 2. The molecule has 1 fully saturated rings. The van der Waals surface area contributed by atoms with Gasteiger partial charge in [0, 0.05) is 19.0 Å². The molecule has 1 saturated heterocycles. The largest absolute Gasteiger partial charge is 0.376 e. The van der Waals surface area contributed by atoms with Gasteiger partial charge < -0.3 is 4.74 Å². The lowest BCUT2D eigenvalue weighted by molar-refractivity contribution is -0.0299. The lowest BCUT2D eigenvalue weighted by Crippen LogP contribution is -2.42. The highest BCUT2D eigenvalue weighted by Gasteiger charge is 2.17. The van der Waals surface area contributed by atoms with Crippen LogP contribution in [0.25, 0.3) is 0 Å². The predicted octanol–water partition coefficient (Wildman–Crippen LogP) is 2.90. The van der Waals surface area contributed by atoms with E-state index in [0.717, 1.165) is 32.0 Å². The Labute approximate surface area is 98.9 Å². The van der Waals surface area contributed by atoms with Crippen LogP contribution in [0.3, 0.4) is 0 Å². The molecule has 1 heterocycles. The van der Waals surface area contributed by atoms with E-state index in [0.29, 0.717) is 6.10 Å². The first-order valence-corrected chi connectivity index (χ1v) is 6.80. The van der Waals surface area contributed by atoms with Gasteiger partial charge in [0.05, 0.1) is 12.7 Å². The molecule has 0 radical (unpaired) electrons. The maximum atomic E-state index is 5.64. The summed E-state index contributed by atoms with van der Waals surface area (Å²) < 4.78 is 5.64. The zero-order valence-electron chi connectivity index (χ0n) is 9.88. The molecular formula is C12H24ClNO. The smallest absolute Gasteiger partial charge is 0.0700 e. The molecule has 0 spiro atoms. The Balaban J connectivity index is 2.00. The average molecular weight is 234 g/mol. The number of alkyl halides is 1. The summed E-state index contributed by atoms with van der Waals surface area (Å²) in [5.41, 5.74) is 0. The van der Waals surface area contributed by atoms with Gasteiger partial charge in [-0.1, -0.05) is 19.8 Å². The molecule has 1 rings (SSSR count). The van der Waals surface area contributed by atoms with E-state index in [1.807, 2.05) is 0 Å². The third-order valence-corrected chi connectivity index (χ3v) is 3.30. The van der Waals surface area contributed by atoms with Crippen LogP contribution in [0.2, 0.25) is 0 Å². The minimum Gasteiger partial charge on any atom is -0.376 e. The average Bonchev–Trinajstić information content (AvgIpc) is 2.29. The van der Waals surface area contributed by atoms with Gasteiger partial charge in [-0.25, -0.2) is 0 Å². The third-order valence-electron chi connectivity index (χ3n) is 3.04. The van der Waals surface area contributed by atoms with Crippen molar-refractivity contribution >= 4 is 11.6 Å². The normalized spacial score (nSPS) is 23.2. The van der Waals surface area contributed by atoms with Crippen LogP contribution < -0.4 is 0 Å². The number of hydrogen-bond donors (Lipinski definition) is 0. The highest BCUT2D eigenvalue weighted by molar-refractivity contribution is 6.17. The summed E-state index contributed by atoms with van der Waals surface area (Å²) in [5, 5.41) is 0. The van der Waals surface area contributed by atoms with Crippen LogP contribution in [0.4, 0.5) is 0 Å². The Kier molecular flexibility index (Phi) is 7.41. The topological polar surface area (TPSA) is 12.5 Å². The van der Waals surface area contributed by atoms with Crippen molar-refractivity contribution < 1.29 is 4.74 Å². The molecule has 0 N–H and O–H groups in total. The van der Waals surface area contributed by atoms with E-state index >= 15 is 0 Å². The molecule has 0 amide bonds. The van der Waals surface area contributed by atoms with Crippen molar-refractivity contribution in [3.8, 4) is 0 Å². The highest BCUT2D eigenvalue weighted by atomic mass is 35.5. The Morgan fingerprint density at radius 3 is 2.80 bits per heavy atom. The molecule has 0 aromatic rings. The molecular weight excluding hydrogens is 210 g/mol. The van der Waals surface area contributed by atoms with Crippen molar-refractivity contribution in [2.45, 2.75) is 45.1 Å². The maximum absolute atomic E-state index is 5.64. The van der Waals surface area contributed by atoms with Crippen molar-refractivity contribution in [1.29, 1.82) is 0 Å². The van der Waals surface area contributed by atoms with Crippen LogP contribution in [0.1, 0.15) is 39.0 Å². The van der Waals surface area contributed by atoms with E-state index in [9.17, 15) is 0 Å². The van der Waals surface area contributed by atoms with Crippen molar-refractivity contribution in [2.24, 2.45) is 0 Å². The molecule has 0 aromatic carbocycles. The van der Waals surface area contributed by atoms with Crippen molar-refractivity contribution in [2.75, 3.05) is 32.1 Å². The fourth-order valence-corrected chi connectivity index (χ4v) is 2.20. The van der Waals surface area contributed by atoms with Crippen LogP contribution in [-0.4, -0.2) is 43.1 Å². The molecule has 0 aromatic heterocycles. The van der Waals surface area contributed by atoms with Gasteiger partial charge in [-0.05, 0) is 25.8 Å². The fraction of sp³-hybridized carbons (Fsp3) is 1.00. The molecule has 0 aliphatic carbocycles. The Hall–Kier alpha value is 0.210. The number of morpholine rings is 1. The lowest BCUT2D eigenvalue weighted by atomic mass is 10.1. The van der Waals surface area contributed by atoms with E-state index in [1.54, 1.807) is 0 Å².